The summed E-state index contributed by atoms with van der Waals surface area (Å²) >= 11 is 0. The van der Waals surface area contributed by atoms with Crippen LogP contribution < -0.4 is 24.8 Å². The van der Waals surface area contributed by atoms with Crippen LogP contribution >= 0.6 is 0 Å². The van der Waals surface area contributed by atoms with E-state index in [-0.39, 0.29) is 6.10 Å². The fourth-order valence-electron chi connectivity index (χ4n) is 3.43. The maximum absolute atomic E-state index is 6.14. The molecule has 1 saturated heterocycles. The first kappa shape index (κ1) is 23.7. The van der Waals surface area contributed by atoms with Crippen LogP contribution in [-0.4, -0.2) is 52.6 Å². The van der Waals surface area contributed by atoms with Crippen LogP contribution in [0.15, 0.2) is 47.5 Å². The summed E-state index contributed by atoms with van der Waals surface area (Å²) in [6.07, 6.45) is 1.03. The van der Waals surface area contributed by atoms with E-state index in [0.717, 1.165) is 42.4 Å². The maximum atomic E-state index is 6.14. The monoisotopic (exact) mass is 441 g/mol. The van der Waals surface area contributed by atoms with Gasteiger partial charge in [0.15, 0.2) is 5.96 Å². The van der Waals surface area contributed by atoms with E-state index >= 15 is 0 Å². The Bertz CT molecular complexity index is 864. The fraction of sp³-hybridized carbons (Fsp3) is 0.480. The number of aliphatic imine (C=N–C) groups is 1. The van der Waals surface area contributed by atoms with E-state index in [9.17, 15) is 0 Å². The van der Waals surface area contributed by atoms with E-state index in [4.69, 9.17) is 18.9 Å². The minimum absolute atomic E-state index is 0.0335. The molecular formula is C25H35N3O4. The van der Waals surface area contributed by atoms with Crippen molar-refractivity contribution in [3.63, 3.8) is 0 Å². The Kier molecular flexibility index (Phi) is 9.04. The van der Waals surface area contributed by atoms with Crippen molar-refractivity contribution in [3.05, 3.63) is 53.6 Å². The van der Waals surface area contributed by atoms with Gasteiger partial charge in [-0.15, -0.1) is 0 Å². The van der Waals surface area contributed by atoms with Crippen molar-refractivity contribution >= 4 is 5.96 Å². The van der Waals surface area contributed by atoms with Gasteiger partial charge in [-0.3, -0.25) is 4.99 Å². The van der Waals surface area contributed by atoms with Crippen molar-refractivity contribution in [2.45, 2.75) is 32.9 Å². The van der Waals surface area contributed by atoms with Crippen LogP contribution in [0.3, 0.4) is 0 Å². The highest BCUT2D eigenvalue weighted by atomic mass is 16.5. The van der Waals surface area contributed by atoms with Gasteiger partial charge in [0.05, 0.1) is 26.9 Å². The SMILES string of the molecule is CN=C(NCc1ccc(C)cc1OCC1CCOC1)NCC(C)Oc1ccc(OC)cc1. The molecule has 0 amide bonds. The molecule has 0 bridgehead atoms. The number of nitrogens with zero attached hydrogens (tertiary/aromatic N) is 1. The predicted octanol–water partition coefficient (Wildman–Crippen LogP) is 3.55. The molecule has 3 rings (SSSR count). The molecule has 1 heterocycles. The highest BCUT2D eigenvalue weighted by Gasteiger charge is 2.17. The van der Waals surface area contributed by atoms with Crippen LogP contribution in [0, 0.1) is 12.8 Å². The molecule has 7 nitrogen and oxygen atoms in total. The number of methoxy groups -OCH3 is 1. The molecule has 174 valence electrons. The van der Waals surface area contributed by atoms with Gasteiger partial charge in [0.25, 0.3) is 0 Å². The Labute approximate surface area is 191 Å². The summed E-state index contributed by atoms with van der Waals surface area (Å²) in [4.78, 5) is 4.33. The van der Waals surface area contributed by atoms with Crippen molar-refractivity contribution < 1.29 is 18.9 Å². The van der Waals surface area contributed by atoms with Gasteiger partial charge >= 0.3 is 0 Å². The van der Waals surface area contributed by atoms with Crippen molar-refractivity contribution in [2.75, 3.05) is 40.5 Å². The summed E-state index contributed by atoms with van der Waals surface area (Å²) < 4.78 is 22.7. The second-order valence-electron chi connectivity index (χ2n) is 8.06. The predicted molar refractivity (Wildman–Crippen MR) is 127 cm³/mol. The zero-order valence-electron chi connectivity index (χ0n) is 19.5. The highest BCUT2D eigenvalue weighted by molar-refractivity contribution is 5.79. The van der Waals surface area contributed by atoms with Crippen molar-refractivity contribution in [1.29, 1.82) is 0 Å². The molecule has 2 unspecified atom stereocenters. The number of nitrogens with one attached hydrogen (secondary N) is 2. The number of rotatable bonds is 10. The largest absolute Gasteiger partial charge is 0.497 e. The van der Waals surface area contributed by atoms with Gasteiger partial charge < -0.3 is 29.6 Å². The number of hydrogen-bond acceptors (Lipinski definition) is 5. The van der Waals surface area contributed by atoms with Crippen LogP contribution in [0.25, 0.3) is 0 Å². The van der Waals surface area contributed by atoms with Crippen LogP contribution in [-0.2, 0) is 11.3 Å². The summed E-state index contributed by atoms with van der Waals surface area (Å²) in [5.41, 5.74) is 2.28. The maximum Gasteiger partial charge on any atom is 0.191 e. The average Bonchev–Trinajstić information content (AvgIpc) is 3.33. The van der Waals surface area contributed by atoms with Gasteiger partial charge in [-0.05, 0) is 56.2 Å². The smallest absolute Gasteiger partial charge is 0.191 e. The Morgan fingerprint density at radius 2 is 1.94 bits per heavy atom. The molecule has 2 aromatic carbocycles. The molecule has 1 aliphatic heterocycles. The zero-order valence-corrected chi connectivity index (χ0v) is 19.5. The Morgan fingerprint density at radius 1 is 1.16 bits per heavy atom. The third kappa shape index (κ3) is 7.34. The molecule has 0 aliphatic carbocycles. The van der Waals surface area contributed by atoms with Gasteiger partial charge in [0.1, 0.15) is 23.4 Å². The molecule has 7 heteroatoms. The molecule has 0 saturated carbocycles. The van der Waals surface area contributed by atoms with Gasteiger partial charge in [-0.2, -0.15) is 0 Å². The van der Waals surface area contributed by atoms with Crippen LogP contribution in [0.4, 0.5) is 0 Å². The Balaban J connectivity index is 1.47. The molecule has 0 aromatic heterocycles. The zero-order chi connectivity index (χ0) is 22.8. The first-order valence-electron chi connectivity index (χ1n) is 11.1. The third-order valence-electron chi connectivity index (χ3n) is 5.34. The average molecular weight is 442 g/mol. The lowest BCUT2D eigenvalue weighted by Gasteiger charge is -2.19. The summed E-state index contributed by atoms with van der Waals surface area (Å²) in [6, 6.07) is 13.9. The summed E-state index contributed by atoms with van der Waals surface area (Å²) in [7, 11) is 3.41. The van der Waals surface area contributed by atoms with Crippen molar-refractivity contribution in [1.82, 2.24) is 10.6 Å². The van der Waals surface area contributed by atoms with E-state index in [1.165, 1.54) is 5.56 Å². The molecule has 0 radical (unpaired) electrons. The van der Waals surface area contributed by atoms with E-state index < -0.39 is 0 Å². The minimum Gasteiger partial charge on any atom is -0.497 e. The second-order valence-corrected chi connectivity index (χ2v) is 8.06. The first-order chi connectivity index (χ1) is 15.6. The molecule has 0 spiro atoms. The lowest BCUT2D eigenvalue weighted by atomic mass is 10.1. The fourth-order valence-corrected chi connectivity index (χ4v) is 3.43. The molecule has 1 aliphatic rings. The normalized spacial score (nSPS) is 17.0. The van der Waals surface area contributed by atoms with Gasteiger partial charge in [-0.1, -0.05) is 12.1 Å². The van der Waals surface area contributed by atoms with Crippen molar-refractivity contribution in [3.8, 4) is 17.2 Å². The van der Waals surface area contributed by atoms with E-state index in [1.54, 1.807) is 14.2 Å². The Hall–Kier alpha value is -2.93. The summed E-state index contributed by atoms with van der Waals surface area (Å²) in [6.45, 7) is 7.63. The van der Waals surface area contributed by atoms with Crippen molar-refractivity contribution in [2.24, 2.45) is 10.9 Å². The van der Waals surface area contributed by atoms with E-state index in [1.807, 2.05) is 31.2 Å². The minimum atomic E-state index is -0.0335. The lowest BCUT2D eigenvalue weighted by Crippen LogP contribution is -2.41. The summed E-state index contributed by atoms with van der Waals surface area (Å²) in [5, 5.41) is 6.69. The topological polar surface area (TPSA) is 73.3 Å². The van der Waals surface area contributed by atoms with Gasteiger partial charge in [-0.25, -0.2) is 0 Å². The molecule has 2 aromatic rings. The molecule has 2 N–H and O–H groups in total. The first-order valence-corrected chi connectivity index (χ1v) is 11.1. The second kappa shape index (κ2) is 12.2. The molecule has 2 atom stereocenters. The quantitative estimate of drug-likeness (QED) is 0.434. The number of aryl methyl sites for hydroxylation is 1. The van der Waals surface area contributed by atoms with Crippen LogP contribution in [0.2, 0.25) is 0 Å². The van der Waals surface area contributed by atoms with E-state index in [2.05, 4.69) is 40.7 Å². The number of hydrogen-bond donors (Lipinski definition) is 2. The standard InChI is InChI=1S/C25H35N3O4/c1-18-5-6-21(24(13-18)31-17-20-11-12-30-16-20)15-28-25(26-3)27-14-19(2)32-23-9-7-22(29-4)8-10-23/h5-10,13,19-20H,11-12,14-17H2,1-4H3,(H2,26,27,28). The highest BCUT2D eigenvalue weighted by Crippen LogP contribution is 2.23. The summed E-state index contributed by atoms with van der Waals surface area (Å²) in [5.74, 6) is 3.71. The molecular weight excluding hydrogens is 406 g/mol. The number of ether oxygens (including phenoxy) is 4. The lowest BCUT2D eigenvalue weighted by molar-refractivity contribution is 0.166. The van der Waals surface area contributed by atoms with Gasteiger partial charge in [0, 0.05) is 31.7 Å². The van der Waals surface area contributed by atoms with E-state index in [0.29, 0.717) is 31.6 Å². The van der Waals surface area contributed by atoms with Gasteiger partial charge in [0.2, 0.25) is 0 Å². The Morgan fingerprint density at radius 3 is 2.62 bits per heavy atom. The molecule has 32 heavy (non-hydrogen) atoms. The van der Waals surface area contributed by atoms with Crippen LogP contribution in [0.5, 0.6) is 17.2 Å². The van der Waals surface area contributed by atoms with Crippen LogP contribution in [0.1, 0.15) is 24.5 Å². The number of guanidine groups is 1. The number of benzene rings is 2. The third-order valence-corrected chi connectivity index (χ3v) is 5.34. The molecule has 1 fully saturated rings.